The van der Waals surface area contributed by atoms with Crippen molar-refractivity contribution in [2.75, 3.05) is 11.4 Å². The Labute approximate surface area is 238 Å². The first-order valence-electron chi connectivity index (χ1n) is 13.0. The van der Waals surface area contributed by atoms with Crippen molar-refractivity contribution in [2.45, 2.75) is 82.0 Å². The number of aliphatic hydroxyl groups excluding tert-OH is 1. The van der Waals surface area contributed by atoms with Crippen LogP contribution < -0.4 is 20.3 Å². The van der Waals surface area contributed by atoms with Crippen molar-refractivity contribution in [1.29, 1.82) is 0 Å². The second-order valence-electron chi connectivity index (χ2n) is 10.7. The Bertz CT molecular complexity index is 1250. The van der Waals surface area contributed by atoms with Crippen LogP contribution in [0.2, 0.25) is 5.02 Å². The summed E-state index contributed by atoms with van der Waals surface area (Å²) in [6.07, 6.45) is -6.18. The van der Waals surface area contributed by atoms with E-state index < -0.39 is 48.2 Å². The molecule has 2 aromatic rings. The first kappa shape index (κ1) is 30.8. The fraction of sp³-hybridized carbons (Fsp3) is 0.519. The number of hydrogen-bond donors (Lipinski definition) is 3. The fourth-order valence-corrected chi connectivity index (χ4v) is 5.39. The number of nitrogens with zero attached hydrogens (tertiary/aromatic N) is 2. The molecule has 14 heteroatoms. The van der Waals surface area contributed by atoms with Crippen molar-refractivity contribution < 1.29 is 41.4 Å². The lowest BCUT2D eigenvalue weighted by molar-refractivity contribution is -0.201. The third kappa shape index (κ3) is 7.18. The van der Waals surface area contributed by atoms with E-state index in [9.17, 15) is 31.5 Å². The van der Waals surface area contributed by atoms with Crippen LogP contribution in [-0.2, 0) is 4.79 Å². The van der Waals surface area contributed by atoms with Crippen LogP contribution >= 0.6 is 11.6 Å². The zero-order chi connectivity index (χ0) is 30.1. The molecule has 3 heterocycles. The lowest BCUT2D eigenvalue weighted by atomic mass is 9.96. The minimum Gasteiger partial charge on any atom is -0.478 e. The second-order valence-corrected chi connectivity index (χ2v) is 11.1. The largest absolute Gasteiger partial charge is 0.478 e. The third-order valence-electron chi connectivity index (χ3n) is 7.30. The van der Waals surface area contributed by atoms with Crippen molar-refractivity contribution >= 4 is 29.2 Å². The van der Waals surface area contributed by atoms with Crippen molar-refractivity contribution in [3.63, 3.8) is 0 Å². The number of alkyl halides is 5. The number of benzene rings is 1. The SMILES string of the molecule is CC(C)(Oc1ccc(Cl)cc1C(F)F)C(=O)N[C@H]1C[C@H]2CC[C@@H](C1)N2c1ccc(C(=O)NCC(O)C(F)(F)F)cn1. The zero-order valence-electron chi connectivity index (χ0n) is 22.2. The van der Waals surface area contributed by atoms with Gasteiger partial charge in [-0.2, -0.15) is 13.2 Å². The lowest BCUT2D eigenvalue weighted by Gasteiger charge is -2.41. The Hall–Kier alpha value is -3.19. The van der Waals surface area contributed by atoms with Crippen molar-refractivity contribution in [3.8, 4) is 5.75 Å². The summed E-state index contributed by atoms with van der Waals surface area (Å²) in [6, 6.07) is 6.79. The van der Waals surface area contributed by atoms with Crippen LogP contribution in [0.15, 0.2) is 36.5 Å². The quantitative estimate of drug-likeness (QED) is 0.356. The standard InChI is InChI=1S/C27H30ClF5N4O4/c1-26(2,41-20-7-4-15(28)9-19(20)23(29)30)25(40)36-16-10-17-5-6-18(11-16)37(17)22-8-3-14(12-34-22)24(39)35-13-21(38)27(31,32)33/h3-4,7-9,12,16-18,21,23,38H,5-6,10-11,13H2,1-2H3,(H,35,39)(H,36,40)/t16-,17+,18-,21?. The van der Waals surface area contributed by atoms with Crippen LogP contribution in [0.3, 0.4) is 0 Å². The summed E-state index contributed by atoms with van der Waals surface area (Å²) in [5, 5.41) is 14.2. The van der Waals surface area contributed by atoms with Crippen molar-refractivity contribution in [3.05, 3.63) is 52.7 Å². The summed E-state index contributed by atoms with van der Waals surface area (Å²) in [4.78, 5) is 31.8. The first-order chi connectivity index (χ1) is 19.2. The summed E-state index contributed by atoms with van der Waals surface area (Å²) in [5.74, 6) is -0.769. The predicted molar refractivity (Wildman–Crippen MR) is 140 cm³/mol. The number of anilines is 1. The average molecular weight is 605 g/mol. The number of nitrogens with one attached hydrogen (secondary N) is 2. The average Bonchev–Trinajstić information content (AvgIpc) is 3.17. The van der Waals surface area contributed by atoms with Gasteiger partial charge in [0.15, 0.2) is 11.7 Å². The molecule has 2 saturated heterocycles. The van der Waals surface area contributed by atoms with Gasteiger partial charge in [0.1, 0.15) is 11.6 Å². The molecule has 1 aromatic carbocycles. The van der Waals surface area contributed by atoms with Crippen LogP contribution in [0.5, 0.6) is 5.75 Å². The maximum Gasteiger partial charge on any atom is 0.416 e. The third-order valence-corrected chi connectivity index (χ3v) is 7.53. The summed E-state index contributed by atoms with van der Waals surface area (Å²) < 4.78 is 70.0. The smallest absolute Gasteiger partial charge is 0.416 e. The molecule has 3 N–H and O–H groups in total. The molecular formula is C27H30ClF5N4O4. The number of fused-ring (bicyclic) bond motifs is 2. The number of amides is 2. The molecule has 41 heavy (non-hydrogen) atoms. The van der Waals surface area contributed by atoms with Gasteiger partial charge in [0.05, 0.1) is 17.7 Å². The van der Waals surface area contributed by atoms with E-state index in [4.69, 9.17) is 21.4 Å². The van der Waals surface area contributed by atoms with Crippen LogP contribution in [0.4, 0.5) is 27.8 Å². The van der Waals surface area contributed by atoms with Crippen LogP contribution in [0, 0.1) is 0 Å². The molecule has 224 valence electrons. The summed E-state index contributed by atoms with van der Waals surface area (Å²) in [6.45, 7) is 2.03. The highest BCUT2D eigenvalue weighted by molar-refractivity contribution is 6.30. The highest BCUT2D eigenvalue weighted by atomic mass is 35.5. The number of aliphatic hydroxyl groups is 1. The Kier molecular flexibility index (Phi) is 8.98. The van der Waals surface area contributed by atoms with Gasteiger partial charge in [-0.1, -0.05) is 11.6 Å². The van der Waals surface area contributed by atoms with E-state index >= 15 is 0 Å². The van der Waals surface area contributed by atoms with Gasteiger partial charge in [0, 0.05) is 29.3 Å². The van der Waals surface area contributed by atoms with E-state index in [2.05, 4.69) is 15.2 Å². The van der Waals surface area contributed by atoms with Gasteiger partial charge in [-0.15, -0.1) is 0 Å². The molecule has 2 fully saturated rings. The molecule has 8 nitrogen and oxygen atoms in total. The van der Waals surface area contributed by atoms with E-state index in [0.29, 0.717) is 18.7 Å². The van der Waals surface area contributed by atoms with Gasteiger partial charge in [-0.25, -0.2) is 13.8 Å². The molecule has 0 radical (unpaired) electrons. The van der Waals surface area contributed by atoms with Crippen LogP contribution in [-0.4, -0.2) is 64.5 Å². The van der Waals surface area contributed by atoms with Crippen LogP contribution in [0.25, 0.3) is 0 Å². The number of carbonyl (C=O) groups is 2. The number of ether oxygens (including phenoxy) is 1. The Morgan fingerprint density at radius 2 is 1.80 bits per heavy atom. The van der Waals surface area contributed by atoms with E-state index in [-0.39, 0.29) is 34.5 Å². The van der Waals surface area contributed by atoms with E-state index in [1.165, 1.54) is 38.2 Å². The number of rotatable bonds is 9. The van der Waals surface area contributed by atoms with Gasteiger partial charge in [-0.05, 0) is 69.9 Å². The maximum absolute atomic E-state index is 13.5. The first-order valence-corrected chi connectivity index (χ1v) is 13.4. The van der Waals surface area contributed by atoms with E-state index in [1.807, 2.05) is 5.32 Å². The molecule has 2 aliphatic rings. The number of hydrogen-bond acceptors (Lipinski definition) is 6. The second kappa shape index (κ2) is 12.0. The van der Waals surface area contributed by atoms with Crippen LogP contribution in [0.1, 0.15) is 61.9 Å². The van der Waals surface area contributed by atoms with Crippen molar-refractivity contribution in [2.24, 2.45) is 0 Å². The molecule has 1 aromatic heterocycles. The molecule has 2 bridgehead atoms. The van der Waals surface area contributed by atoms with Crippen molar-refractivity contribution in [1.82, 2.24) is 15.6 Å². The summed E-state index contributed by atoms with van der Waals surface area (Å²) in [5.41, 5.74) is -1.79. The highest BCUT2D eigenvalue weighted by Gasteiger charge is 2.43. The molecule has 2 aliphatic heterocycles. The molecule has 2 amide bonds. The Morgan fingerprint density at radius 3 is 2.37 bits per heavy atom. The predicted octanol–water partition coefficient (Wildman–Crippen LogP) is 4.80. The number of aromatic nitrogens is 1. The molecule has 1 unspecified atom stereocenters. The Morgan fingerprint density at radius 1 is 1.15 bits per heavy atom. The number of halogens is 6. The monoisotopic (exact) mass is 604 g/mol. The van der Waals surface area contributed by atoms with Gasteiger partial charge < -0.3 is 25.4 Å². The van der Waals surface area contributed by atoms with Gasteiger partial charge >= 0.3 is 6.18 Å². The molecule has 4 atom stereocenters. The van der Waals surface area contributed by atoms with Gasteiger partial charge in [0.25, 0.3) is 18.2 Å². The van der Waals surface area contributed by atoms with E-state index in [1.54, 1.807) is 6.07 Å². The molecule has 0 saturated carbocycles. The normalized spacial score (nSPS) is 21.5. The molecule has 0 spiro atoms. The minimum atomic E-state index is -4.84. The van der Waals surface area contributed by atoms with Gasteiger partial charge in [0.2, 0.25) is 0 Å². The number of piperidine rings is 1. The summed E-state index contributed by atoms with van der Waals surface area (Å²) >= 11 is 5.83. The molecule has 4 rings (SSSR count). The molecule has 0 aliphatic carbocycles. The maximum atomic E-state index is 13.5. The molecular weight excluding hydrogens is 575 g/mol. The Balaban J connectivity index is 1.35. The minimum absolute atomic E-state index is 0.0406. The summed E-state index contributed by atoms with van der Waals surface area (Å²) in [7, 11) is 0. The van der Waals surface area contributed by atoms with Gasteiger partial charge in [-0.3, -0.25) is 9.59 Å². The topological polar surface area (TPSA) is 104 Å². The number of carbonyl (C=O) groups excluding carboxylic acids is 2. The number of pyridine rings is 1. The zero-order valence-corrected chi connectivity index (χ0v) is 23.0. The fourth-order valence-electron chi connectivity index (χ4n) is 5.21. The van der Waals surface area contributed by atoms with E-state index in [0.717, 1.165) is 18.9 Å². The highest BCUT2D eigenvalue weighted by Crippen LogP contribution is 2.39. The lowest BCUT2D eigenvalue weighted by Crippen LogP contribution is -2.55.